The van der Waals surface area contributed by atoms with Crippen LogP contribution in [0, 0.1) is 6.92 Å². The number of fused-ring (bicyclic) bond motifs is 1. The van der Waals surface area contributed by atoms with E-state index in [4.69, 9.17) is 0 Å². The molecular formula is C19H22N2O3S2. The average molecular weight is 391 g/mol. The Bertz CT molecular complexity index is 1100. The zero-order chi connectivity index (χ0) is 18.9. The van der Waals surface area contributed by atoms with E-state index in [0.717, 1.165) is 34.4 Å². The second-order valence-corrected chi connectivity index (χ2v) is 9.06. The van der Waals surface area contributed by atoms with Crippen LogP contribution >= 0.6 is 11.3 Å². The number of thiazole rings is 1. The lowest BCUT2D eigenvalue weighted by molar-refractivity contribution is 0.566. The molecule has 1 N–H and O–H groups in total. The molecule has 0 fully saturated rings. The van der Waals surface area contributed by atoms with Crippen molar-refractivity contribution in [3.63, 3.8) is 0 Å². The van der Waals surface area contributed by atoms with E-state index in [0.29, 0.717) is 11.2 Å². The maximum Gasteiger partial charge on any atom is 0.308 e. The fraction of sp³-hybridized carbons (Fsp3) is 0.316. The Balaban J connectivity index is 1.94. The molecule has 1 heterocycles. The first-order valence-corrected chi connectivity index (χ1v) is 10.8. The van der Waals surface area contributed by atoms with E-state index in [-0.39, 0.29) is 15.8 Å². The summed E-state index contributed by atoms with van der Waals surface area (Å²) in [6.07, 6.45) is 0.848. The van der Waals surface area contributed by atoms with E-state index in [9.17, 15) is 13.2 Å². The standard InChI is InChI=1S/C19H22N2O3S2/c1-4-11-21-17-10-9-15(12-18(17)25-19(21)22)26(23,24)20-14(3)16-8-6-5-7-13(16)2/h5-10,12,14,20H,4,11H2,1-3H3/t14-/m1/s1. The fourth-order valence-corrected chi connectivity index (χ4v) is 5.37. The number of aromatic nitrogens is 1. The molecule has 0 spiro atoms. The van der Waals surface area contributed by atoms with Gasteiger partial charge in [0.1, 0.15) is 0 Å². The summed E-state index contributed by atoms with van der Waals surface area (Å²) < 4.78 is 30.7. The lowest BCUT2D eigenvalue weighted by Crippen LogP contribution is -2.27. The molecule has 0 aliphatic rings. The molecule has 1 aromatic heterocycles. The number of nitrogens with zero attached hydrogens (tertiary/aromatic N) is 1. The van der Waals surface area contributed by atoms with Crippen molar-refractivity contribution in [3.8, 4) is 0 Å². The molecule has 0 aliphatic heterocycles. The Morgan fingerprint density at radius 1 is 1.19 bits per heavy atom. The third-order valence-electron chi connectivity index (χ3n) is 4.38. The van der Waals surface area contributed by atoms with Gasteiger partial charge in [-0.3, -0.25) is 9.36 Å². The summed E-state index contributed by atoms with van der Waals surface area (Å²) >= 11 is 1.08. The highest BCUT2D eigenvalue weighted by Crippen LogP contribution is 2.24. The summed E-state index contributed by atoms with van der Waals surface area (Å²) in [7, 11) is -3.69. The molecule has 1 atom stereocenters. The highest BCUT2D eigenvalue weighted by atomic mass is 32.2. The van der Waals surface area contributed by atoms with Crippen LogP contribution in [0.2, 0.25) is 0 Å². The van der Waals surface area contributed by atoms with Crippen molar-refractivity contribution in [3.05, 3.63) is 63.3 Å². The van der Waals surface area contributed by atoms with Gasteiger partial charge in [-0.25, -0.2) is 13.1 Å². The Morgan fingerprint density at radius 2 is 1.92 bits per heavy atom. The number of aryl methyl sites for hydroxylation is 2. The normalized spacial score (nSPS) is 13.2. The van der Waals surface area contributed by atoms with Crippen LogP contribution in [0.3, 0.4) is 0 Å². The van der Waals surface area contributed by atoms with Crippen LogP contribution < -0.4 is 9.60 Å². The van der Waals surface area contributed by atoms with Gasteiger partial charge in [-0.15, -0.1) is 0 Å². The lowest BCUT2D eigenvalue weighted by atomic mass is 10.0. The molecule has 7 heteroatoms. The molecule has 0 radical (unpaired) electrons. The second-order valence-electron chi connectivity index (χ2n) is 6.35. The summed E-state index contributed by atoms with van der Waals surface area (Å²) in [5.41, 5.74) is 2.76. The molecule has 0 aliphatic carbocycles. The van der Waals surface area contributed by atoms with E-state index in [1.807, 2.05) is 45.0 Å². The first kappa shape index (κ1) is 18.8. The highest BCUT2D eigenvalue weighted by molar-refractivity contribution is 7.89. The maximum atomic E-state index is 12.8. The highest BCUT2D eigenvalue weighted by Gasteiger charge is 2.20. The monoisotopic (exact) mass is 390 g/mol. The number of hydrogen-bond acceptors (Lipinski definition) is 4. The van der Waals surface area contributed by atoms with Gasteiger partial charge in [-0.05, 0) is 49.6 Å². The van der Waals surface area contributed by atoms with Gasteiger partial charge in [0.2, 0.25) is 10.0 Å². The van der Waals surface area contributed by atoms with Crippen LogP contribution in [-0.4, -0.2) is 13.0 Å². The molecule has 138 valence electrons. The van der Waals surface area contributed by atoms with Crippen LogP contribution in [0.1, 0.15) is 37.4 Å². The van der Waals surface area contributed by atoms with Gasteiger partial charge in [0.15, 0.2) is 0 Å². The first-order chi connectivity index (χ1) is 12.3. The van der Waals surface area contributed by atoms with Gasteiger partial charge >= 0.3 is 4.87 Å². The number of nitrogens with one attached hydrogen (secondary N) is 1. The summed E-state index contributed by atoms with van der Waals surface area (Å²) in [5, 5.41) is 0. The predicted octanol–water partition coefficient (Wildman–Crippen LogP) is 3.82. The fourth-order valence-electron chi connectivity index (χ4n) is 3.09. The Morgan fingerprint density at radius 3 is 2.62 bits per heavy atom. The molecule has 0 bridgehead atoms. The van der Waals surface area contributed by atoms with Crippen molar-refractivity contribution in [1.82, 2.24) is 9.29 Å². The SMILES string of the molecule is CCCn1c(=O)sc2cc(S(=O)(=O)N[C@H](C)c3ccccc3C)ccc21. The largest absolute Gasteiger partial charge is 0.308 e. The smallest absolute Gasteiger partial charge is 0.299 e. The number of rotatable bonds is 6. The van der Waals surface area contributed by atoms with E-state index in [1.165, 1.54) is 0 Å². The summed E-state index contributed by atoms with van der Waals surface area (Å²) in [6, 6.07) is 12.2. The Labute approximate surface area is 157 Å². The summed E-state index contributed by atoms with van der Waals surface area (Å²) in [4.78, 5) is 12.2. The molecule has 3 aromatic rings. The van der Waals surface area contributed by atoms with Gasteiger partial charge in [-0.2, -0.15) is 0 Å². The van der Waals surface area contributed by atoms with Crippen molar-refractivity contribution < 1.29 is 8.42 Å². The minimum absolute atomic E-state index is 0.0577. The van der Waals surface area contributed by atoms with Gasteiger partial charge in [-0.1, -0.05) is 42.5 Å². The minimum atomic E-state index is -3.69. The summed E-state index contributed by atoms with van der Waals surface area (Å²) in [5.74, 6) is 0. The van der Waals surface area contributed by atoms with Crippen LogP contribution in [-0.2, 0) is 16.6 Å². The number of sulfonamides is 1. The molecular weight excluding hydrogens is 368 g/mol. The molecule has 26 heavy (non-hydrogen) atoms. The van der Waals surface area contributed by atoms with Crippen molar-refractivity contribution >= 4 is 31.6 Å². The maximum absolute atomic E-state index is 12.8. The van der Waals surface area contributed by atoms with Crippen molar-refractivity contribution in [2.45, 2.75) is 44.7 Å². The van der Waals surface area contributed by atoms with E-state index >= 15 is 0 Å². The second kappa shape index (κ2) is 7.34. The van der Waals surface area contributed by atoms with Crippen molar-refractivity contribution in [1.29, 1.82) is 0 Å². The third-order valence-corrected chi connectivity index (χ3v) is 6.86. The van der Waals surface area contributed by atoms with E-state index in [1.54, 1.807) is 22.8 Å². The molecule has 2 aromatic carbocycles. The zero-order valence-electron chi connectivity index (χ0n) is 15.0. The van der Waals surface area contributed by atoms with Crippen LogP contribution in [0.15, 0.2) is 52.2 Å². The molecule has 3 rings (SSSR count). The van der Waals surface area contributed by atoms with Gasteiger partial charge < -0.3 is 0 Å². The minimum Gasteiger partial charge on any atom is -0.299 e. The van der Waals surface area contributed by atoms with E-state index in [2.05, 4.69) is 4.72 Å². The number of benzene rings is 2. The van der Waals surface area contributed by atoms with Gasteiger partial charge in [0.05, 0.1) is 15.1 Å². The molecule has 0 amide bonds. The molecule has 0 saturated heterocycles. The molecule has 5 nitrogen and oxygen atoms in total. The zero-order valence-corrected chi connectivity index (χ0v) is 16.7. The molecule has 0 saturated carbocycles. The van der Waals surface area contributed by atoms with Crippen molar-refractivity contribution in [2.75, 3.05) is 0 Å². The lowest BCUT2D eigenvalue weighted by Gasteiger charge is -2.16. The van der Waals surface area contributed by atoms with Crippen LogP contribution in [0.5, 0.6) is 0 Å². The topological polar surface area (TPSA) is 68.2 Å². The van der Waals surface area contributed by atoms with E-state index < -0.39 is 10.0 Å². The first-order valence-electron chi connectivity index (χ1n) is 8.54. The third kappa shape index (κ3) is 3.60. The average Bonchev–Trinajstić information content (AvgIpc) is 2.90. The van der Waals surface area contributed by atoms with Gasteiger partial charge in [0, 0.05) is 12.6 Å². The summed E-state index contributed by atoms with van der Waals surface area (Å²) in [6.45, 7) is 6.42. The van der Waals surface area contributed by atoms with Gasteiger partial charge in [0.25, 0.3) is 0 Å². The molecule has 0 unspecified atom stereocenters. The predicted molar refractivity (Wildman–Crippen MR) is 106 cm³/mol. The number of hydrogen-bond donors (Lipinski definition) is 1. The quantitative estimate of drug-likeness (QED) is 0.696. The van der Waals surface area contributed by atoms with Crippen LogP contribution in [0.25, 0.3) is 10.2 Å². The Hall–Kier alpha value is -1.96. The van der Waals surface area contributed by atoms with Crippen LogP contribution in [0.4, 0.5) is 0 Å². The Kier molecular flexibility index (Phi) is 5.32. The van der Waals surface area contributed by atoms with Crippen molar-refractivity contribution in [2.24, 2.45) is 0 Å².